The van der Waals surface area contributed by atoms with Crippen molar-refractivity contribution in [3.05, 3.63) is 0 Å². The number of ether oxygens (including phenoxy) is 1. The van der Waals surface area contributed by atoms with E-state index in [1.165, 1.54) is 19.3 Å². The van der Waals surface area contributed by atoms with Gasteiger partial charge >= 0.3 is 0 Å². The van der Waals surface area contributed by atoms with E-state index in [1.54, 1.807) is 0 Å². The molecule has 0 radical (unpaired) electrons. The quantitative estimate of drug-likeness (QED) is 0.370. The highest BCUT2D eigenvalue weighted by molar-refractivity contribution is 6.21. The molecule has 5 aliphatic carbocycles. The molecular weight excluding hydrogens is 483 g/mol. The van der Waals surface area contributed by atoms with Crippen LogP contribution < -0.4 is 21.3 Å². The third-order valence-corrected chi connectivity index (χ3v) is 10.4. The zero-order valence-electron chi connectivity index (χ0n) is 21.6. The normalized spacial score (nSPS) is 47.4. The van der Waals surface area contributed by atoms with Crippen molar-refractivity contribution < 1.29 is 13.9 Å². The van der Waals surface area contributed by atoms with Gasteiger partial charge in [0.1, 0.15) is 12.8 Å². The largest absolute Gasteiger partial charge is 0.368 e. The standard InChI is InChI=1S/C26H44ClFN6O2/c1-33-6-8-34(9-7-33)24-19-10-17(2-5-22(19)29-16-30-24)31-25-13-26(14-25,15-25)32-23(35)12-36-18-3-4-20(27)21(28)11-18/h17-22,24,29-31H,2-16H2,1H3,(H,32,35). The predicted molar refractivity (Wildman–Crippen MR) is 138 cm³/mol. The first-order valence-electron chi connectivity index (χ1n) is 14.2. The Morgan fingerprint density at radius 2 is 1.83 bits per heavy atom. The Morgan fingerprint density at radius 3 is 2.58 bits per heavy atom. The monoisotopic (exact) mass is 526 g/mol. The predicted octanol–water partition coefficient (Wildman–Crippen LogP) is 1.14. The molecule has 0 spiro atoms. The number of nitrogens with zero attached hydrogens (tertiary/aromatic N) is 2. The van der Waals surface area contributed by atoms with Crippen LogP contribution in [0.2, 0.25) is 0 Å². The second-order valence-corrected chi connectivity index (χ2v) is 13.3. The molecule has 10 heteroatoms. The molecule has 7 unspecified atom stereocenters. The number of carbonyl (C=O) groups is 1. The van der Waals surface area contributed by atoms with Gasteiger partial charge < -0.3 is 25.6 Å². The van der Waals surface area contributed by atoms with E-state index >= 15 is 0 Å². The SMILES string of the molecule is CN1CCN(C2NCNC3CCC(NC45CC(NC(=O)COC6CCC(Cl)C(F)C6)(C4)C5)CC32)CC1. The van der Waals surface area contributed by atoms with Gasteiger partial charge in [-0.05, 0) is 58.4 Å². The highest BCUT2D eigenvalue weighted by atomic mass is 35.5. The lowest BCUT2D eigenvalue weighted by atomic mass is 9.44. The Hall–Kier alpha value is -0.550. The molecule has 0 aromatic rings. The molecule has 8 nitrogen and oxygen atoms in total. The molecule has 2 heterocycles. The van der Waals surface area contributed by atoms with E-state index in [4.69, 9.17) is 16.3 Å². The fourth-order valence-corrected chi connectivity index (χ4v) is 8.34. The van der Waals surface area contributed by atoms with Gasteiger partial charge in [-0.3, -0.25) is 15.0 Å². The average molecular weight is 527 g/mol. The molecule has 7 fully saturated rings. The molecule has 0 aromatic carbocycles. The van der Waals surface area contributed by atoms with Crippen LogP contribution in [0, 0.1) is 5.92 Å². The van der Waals surface area contributed by atoms with E-state index < -0.39 is 11.5 Å². The number of hydrogen-bond donors (Lipinski definition) is 4. The summed E-state index contributed by atoms with van der Waals surface area (Å²) in [5, 5.41) is 14.3. The lowest BCUT2D eigenvalue weighted by Gasteiger charge is -2.71. The van der Waals surface area contributed by atoms with Gasteiger partial charge in [-0.25, -0.2) is 4.39 Å². The summed E-state index contributed by atoms with van der Waals surface area (Å²) < 4.78 is 19.5. The number of likely N-dealkylation sites (N-methyl/N-ethyl adjacent to an activating group) is 1. The summed E-state index contributed by atoms with van der Waals surface area (Å²) in [5.74, 6) is 0.561. The summed E-state index contributed by atoms with van der Waals surface area (Å²) in [6.45, 7) is 5.52. The van der Waals surface area contributed by atoms with Crippen LogP contribution in [0.15, 0.2) is 0 Å². The van der Waals surface area contributed by atoms with Gasteiger partial charge in [-0.15, -0.1) is 11.6 Å². The number of piperazine rings is 1. The maximum Gasteiger partial charge on any atom is 0.246 e. The minimum absolute atomic E-state index is 0.0197. The molecule has 2 bridgehead atoms. The fraction of sp³-hybridized carbons (Fsp3) is 0.962. The number of fused-ring (bicyclic) bond motifs is 1. The van der Waals surface area contributed by atoms with Crippen molar-refractivity contribution in [2.24, 2.45) is 5.92 Å². The van der Waals surface area contributed by atoms with E-state index in [0.717, 1.165) is 58.5 Å². The van der Waals surface area contributed by atoms with Crippen molar-refractivity contribution in [3.8, 4) is 0 Å². The number of carbonyl (C=O) groups excluding carboxylic acids is 1. The molecule has 204 valence electrons. The molecule has 2 aliphatic heterocycles. The molecule has 7 rings (SSSR count). The first-order chi connectivity index (χ1) is 17.3. The summed E-state index contributed by atoms with van der Waals surface area (Å²) in [6, 6.07) is 1.16. The van der Waals surface area contributed by atoms with Gasteiger partial charge in [-0.1, -0.05) is 0 Å². The molecule has 5 saturated carbocycles. The molecule has 0 aromatic heterocycles. The van der Waals surface area contributed by atoms with Crippen LogP contribution in [-0.2, 0) is 9.53 Å². The summed E-state index contributed by atoms with van der Waals surface area (Å²) in [6.07, 6.45) is 7.56. The maximum absolute atomic E-state index is 13.8. The van der Waals surface area contributed by atoms with Crippen molar-refractivity contribution >= 4 is 17.5 Å². The Balaban J connectivity index is 0.945. The van der Waals surface area contributed by atoms with Gasteiger partial charge in [0.2, 0.25) is 5.91 Å². The summed E-state index contributed by atoms with van der Waals surface area (Å²) in [4.78, 5) is 17.6. The molecule has 4 N–H and O–H groups in total. The van der Waals surface area contributed by atoms with Crippen molar-refractivity contribution in [1.82, 2.24) is 31.1 Å². The molecule has 2 saturated heterocycles. The van der Waals surface area contributed by atoms with E-state index in [-0.39, 0.29) is 29.7 Å². The number of hydrogen-bond acceptors (Lipinski definition) is 7. The summed E-state index contributed by atoms with van der Waals surface area (Å²) in [7, 11) is 2.22. The lowest BCUT2D eigenvalue weighted by Crippen LogP contribution is -2.84. The van der Waals surface area contributed by atoms with Gasteiger partial charge in [0.05, 0.1) is 17.6 Å². The van der Waals surface area contributed by atoms with Crippen LogP contribution in [0.1, 0.15) is 57.8 Å². The van der Waals surface area contributed by atoms with Crippen molar-refractivity contribution in [1.29, 1.82) is 0 Å². The molecule has 7 atom stereocenters. The summed E-state index contributed by atoms with van der Waals surface area (Å²) in [5.41, 5.74) is 0.141. The highest BCUT2D eigenvalue weighted by Gasteiger charge is 2.69. The van der Waals surface area contributed by atoms with Crippen molar-refractivity contribution in [3.63, 3.8) is 0 Å². The van der Waals surface area contributed by atoms with Gasteiger partial charge in [0.15, 0.2) is 0 Å². The van der Waals surface area contributed by atoms with E-state index in [2.05, 4.69) is 38.1 Å². The van der Waals surface area contributed by atoms with E-state index in [1.807, 2.05) is 0 Å². The topological polar surface area (TPSA) is 80.9 Å². The van der Waals surface area contributed by atoms with E-state index in [9.17, 15) is 9.18 Å². The van der Waals surface area contributed by atoms with Crippen LogP contribution >= 0.6 is 11.6 Å². The first kappa shape index (κ1) is 25.7. The zero-order valence-corrected chi connectivity index (χ0v) is 22.4. The van der Waals surface area contributed by atoms with Gasteiger partial charge in [0.25, 0.3) is 0 Å². The molecule has 36 heavy (non-hydrogen) atoms. The summed E-state index contributed by atoms with van der Waals surface area (Å²) >= 11 is 5.95. The van der Waals surface area contributed by atoms with Gasteiger partial charge in [-0.2, -0.15) is 0 Å². The van der Waals surface area contributed by atoms with Crippen LogP contribution in [0.4, 0.5) is 4.39 Å². The fourth-order valence-electron chi connectivity index (χ4n) is 8.11. The van der Waals surface area contributed by atoms with Crippen LogP contribution in [-0.4, -0.2) is 109 Å². The Kier molecular flexibility index (Phi) is 7.29. The minimum Gasteiger partial charge on any atom is -0.368 e. The molecule has 1 amide bonds. The lowest BCUT2D eigenvalue weighted by molar-refractivity contribution is -0.150. The Labute approximate surface area is 219 Å². The van der Waals surface area contributed by atoms with Crippen molar-refractivity contribution in [2.75, 3.05) is 46.5 Å². The maximum atomic E-state index is 13.8. The Bertz CT molecular complexity index is 794. The zero-order chi connectivity index (χ0) is 24.9. The molecule has 7 aliphatic rings. The average Bonchev–Trinajstić information content (AvgIpc) is 2.83. The third-order valence-electron chi connectivity index (χ3n) is 9.95. The number of halogens is 2. The smallest absolute Gasteiger partial charge is 0.246 e. The van der Waals surface area contributed by atoms with Crippen LogP contribution in [0.5, 0.6) is 0 Å². The van der Waals surface area contributed by atoms with Crippen molar-refractivity contribution in [2.45, 2.75) is 105 Å². The van der Waals surface area contributed by atoms with Crippen LogP contribution in [0.25, 0.3) is 0 Å². The number of rotatable bonds is 7. The second kappa shape index (κ2) is 10.2. The number of alkyl halides is 2. The van der Waals surface area contributed by atoms with Gasteiger partial charge in [0, 0.05) is 68.3 Å². The first-order valence-corrected chi connectivity index (χ1v) is 14.6. The van der Waals surface area contributed by atoms with E-state index in [0.29, 0.717) is 37.0 Å². The minimum atomic E-state index is -1.04. The van der Waals surface area contributed by atoms with Crippen LogP contribution in [0.3, 0.4) is 0 Å². The number of amides is 1. The highest BCUT2D eigenvalue weighted by Crippen LogP contribution is 2.60. The molecular formula is C26H44ClFN6O2. The second-order valence-electron chi connectivity index (χ2n) is 12.7. The number of nitrogens with one attached hydrogen (secondary N) is 4. The Morgan fingerprint density at radius 1 is 1.06 bits per heavy atom. The third kappa shape index (κ3) is 5.18.